The first kappa shape index (κ1) is 10.5. The van der Waals surface area contributed by atoms with Crippen LogP contribution in [0.25, 0.3) is 22.6 Å². The van der Waals surface area contributed by atoms with E-state index in [0.29, 0.717) is 11.6 Å². The molecule has 6 nitrogen and oxygen atoms in total. The first-order valence-corrected chi connectivity index (χ1v) is 5.31. The minimum atomic E-state index is 0.0947. The Morgan fingerprint density at radius 3 is 2.78 bits per heavy atom. The molecule has 0 unspecified atom stereocenters. The van der Waals surface area contributed by atoms with Gasteiger partial charge in [0.15, 0.2) is 5.76 Å². The van der Waals surface area contributed by atoms with Gasteiger partial charge in [-0.1, -0.05) is 18.2 Å². The summed E-state index contributed by atoms with van der Waals surface area (Å²) >= 11 is 0. The van der Waals surface area contributed by atoms with E-state index in [1.165, 1.54) is 7.11 Å². The molecule has 0 spiro atoms. The minimum Gasteiger partial charge on any atom is -0.467 e. The molecule has 3 aromatic rings. The normalized spacial score (nSPS) is 10.7. The molecule has 3 rings (SSSR count). The van der Waals surface area contributed by atoms with Gasteiger partial charge in [-0.2, -0.15) is 15.0 Å². The number of methoxy groups -OCH3 is 1. The molecule has 0 amide bonds. The van der Waals surface area contributed by atoms with E-state index in [2.05, 4.69) is 15.0 Å². The number of nitrogen functional groups attached to an aromatic ring is 1. The predicted octanol–water partition coefficient (Wildman–Crippen LogP) is 1.88. The molecular weight excluding hydrogens is 232 g/mol. The van der Waals surface area contributed by atoms with Gasteiger partial charge in [-0.05, 0) is 12.1 Å². The van der Waals surface area contributed by atoms with Crippen LogP contribution in [0.15, 0.2) is 34.7 Å². The summed E-state index contributed by atoms with van der Waals surface area (Å²) in [7, 11) is 1.47. The molecule has 0 atom stereocenters. The van der Waals surface area contributed by atoms with Crippen LogP contribution in [0, 0.1) is 0 Å². The van der Waals surface area contributed by atoms with E-state index < -0.39 is 0 Å². The molecule has 2 heterocycles. The van der Waals surface area contributed by atoms with Crippen LogP contribution in [0.3, 0.4) is 0 Å². The molecule has 0 fully saturated rings. The van der Waals surface area contributed by atoms with Gasteiger partial charge in [0.2, 0.25) is 11.8 Å². The van der Waals surface area contributed by atoms with Gasteiger partial charge in [-0.3, -0.25) is 0 Å². The van der Waals surface area contributed by atoms with Crippen molar-refractivity contribution in [1.82, 2.24) is 15.0 Å². The Kier molecular flexibility index (Phi) is 2.33. The van der Waals surface area contributed by atoms with Crippen LogP contribution in [0.4, 0.5) is 5.95 Å². The number of rotatable bonds is 2. The SMILES string of the molecule is COc1nc(N)nc(-c2cc3ccccc3o2)n1. The van der Waals surface area contributed by atoms with E-state index in [1.54, 1.807) is 0 Å². The molecule has 1 aromatic carbocycles. The molecule has 0 aliphatic heterocycles. The highest BCUT2D eigenvalue weighted by atomic mass is 16.5. The van der Waals surface area contributed by atoms with Crippen LogP contribution < -0.4 is 10.5 Å². The molecule has 0 aliphatic carbocycles. The average Bonchev–Trinajstić information content (AvgIpc) is 2.81. The van der Waals surface area contributed by atoms with Crippen LogP contribution in [0.5, 0.6) is 6.01 Å². The van der Waals surface area contributed by atoms with E-state index in [-0.39, 0.29) is 12.0 Å². The summed E-state index contributed by atoms with van der Waals surface area (Å²) in [4.78, 5) is 12.0. The summed E-state index contributed by atoms with van der Waals surface area (Å²) in [5.74, 6) is 0.983. The number of benzene rings is 1. The zero-order valence-electron chi connectivity index (χ0n) is 9.62. The molecule has 90 valence electrons. The van der Waals surface area contributed by atoms with Crippen molar-refractivity contribution in [3.63, 3.8) is 0 Å². The first-order valence-electron chi connectivity index (χ1n) is 5.31. The van der Waals surface area contributed by atoms with Crippen molar-refractivity contribution in [2.75, 3.05) is 12.8 Å². The van der Waals surface area contributed by atoms with Gasteiger partial charge in [0.25, 0.3) is 0 Å². The number of fused-ring (bicyclic) bond motifs is 1. The highest BCUT2D eigenvalue weighted by Crippen LogP contribution is 2.26. The fourth-order valence-electron chi connectivity index (χ4n) is 1.67. The molecule has 2 aromatic heterocycles. The number of para-hydroxylation sites is 1. The summed E-state index contributed by atoms with van der Waals surface area (Å²) in [5.41, 5.74) is 6.35. The lowest BCUT2D eigenvalue weighted by atomic mass is 10.2. The second kappa shape index (κ2) is 3.99. The maximum Gasteiger partial charge on any atom is 0.321 e. The molecular formula is C12H10N4O2. The highest BCUT2D eigenvalue weighted by Gasteiger charge is 2.11. The van der Waals surface area contributed by atoms with E-state index in [4.69, 9.17) is 14.9 Å². The Bertz CT molecular complexity index is 675. The largest absolute Gasteiger partial charge is 0.467 e. The monoisotopic (exact) mass is 242 g/mol. The maximum atomic E-state index is 5.64. The topological polar surface area (TPSA) is 87.1 Å². The van der Waals surface area contributed by atoms with Gasteiger partial charge in [-0.25, -0.2) is 0 Å². The fraction of sp³-hybridized carbons (Fsp3) is 0.0833. The van der Waals surface area contributed by atoms with Crippen molar-refractivity contribution < 1.29 is 9.15 Å². The smallest absolute Gasteiger partial charge is 0.321 e. The number of hydrogen-bond acceptors (Lipinski definition) is 6. The second-order valence-corrected chi connectivity index (χ2v) is 3.65. The summed E-state index contributed by atoms with van der Waals surface area (Å²) in [6, 6.07) is 9.67. The maximum absolute atomic E-state index is 5.64. The Labute approximate surface area is 102 Å². The lowest BCUT2D eigenvalue weighted by molar-refractivity contribution is 0.379. The van der Waals surface area contributed by atoms with Crippen molar-refractivity contribution in [3.05, 3.63) is 30.3 Å². The number of aromatic nitrogens is 3. The molecule has 0 aliphatic rings. The molecule has 0 saturated heterocycles. The van der Waals surface area contributed by atoms with E-state index in [9.17, 15) is 0 Å². The Morgan fingerprint density at radius 2 is 2.00 bits per heavy atom. The van der Waals surface area contributed by atoms with E-state index >= 15 is 0 Å². The lowest BCUT2D eigenvalue weighted by Crippen LogP contribution is -2.02. The summed E-state index contributed by atoms with van der Waals surface area (Å²) < 4.78 is 10.6. The Hall–Kier alpha value is -2.63. The number of anilines is 1. The summed E-state index contributed by atoms with van der Waals surface area (Å²) in [5, 5.41) is 0.977. The average molecular weight is 242 g/mol. The molecule has 0 bridgehead atoms. The number of nitrogens with zero attached hydrogens (tertiary/aromatic N) is 3. The Balaban J connectivity index is 2.16. The zero-order chi connectivity index (χ0) is 12.5. The summed E-state index contributed by atoms with van der Waals surface area (Å²) in [6.45, 7) is 0. The van der Waals surface area contributed by atoms with Crippen molar-refractivity contribution >= 4 is 16.9 Å². The third-order valence-electron chi connectivity index (χ3n) is 2.46. The van der Waals surface area contributed by atoms with Gasteiger partial charge in [0.1, 0.15) is 5.58 Å². The second-order valence-electron chi connectivity index (χ2n) is 3.65. The van der Waals surface area contributed by atoms with Crippen molar-refractivity contribution in [2.24, 2.45) is 0 Å². The minimum absolute atomic E-state index is 0.0947. The fourth-order valence-corrected chi connectivity index (χ4v) is 1.67. The lowest BCUT2D eigenvalue weighted by Gasteiger charge is -2.00. The van der Waals surface area contributed by atoms with Crippen LogP contribution in [0.1, 0.15) is 0 Å². The number of hydrogen-bond donors (Lipinski definition) is 1. The molecule has 0 saturated carbocycles. The van der Waals surface area contributed by atoms with E-state index in [0.717, 1.165) is 11.0 Å². The first-order chi connectivity index (χ1) is 8.76. The van der Waals surface area contributed by atoms with Crippen LogP contribution in [-0.4, -0.2) is 22.1 Å². The highest BCUT2D eigenvalue weighted by molar-refractivity contribution is 5.81. The molecule has 18 heavy (non-hydrogen) atoms. The molecule has 2 N–H and O–H groups in total. The zero-order valence-corrected chi connectivity index (χ0v) is 9.62. The predicted molar refractivity (Wildman–Crippen MR) is 66.0 cm³/mol. The van der Waals surface area contributed by atoms with Gasteiger partial charge >= 0.3 is 6.01 Å². The molecule has 6 heteroatoms. The van der Waals surface area contributed by atoms with Gasteiger partial charge in [-0.15, -0.1) is 0 Å². The number of ether oxygens (including phenoxy) is 1. The van der Waals surface area contributed by atoms with Crippen LogP contribution in [-0.2, 0) is 0 Å². The third-order valence-corrected chi connectivity index (χ3v) is 2.46. The standard InChI is InChI=1S/C12H10N4O2/c1-17-12-15-10(14-11(13)16-12)9-6-7-4-2-3-5-8(7)18-9/h2-6H,1H3,(H2,13,14,15,16). The van der Waals surface area contributed by atoms with Gasteiger partial charge in [0.05, 0.1) is 7.11 Å². The number of nitrogens with two attached hydrogens (primary N) is 1. The van der Waals surface area contributed by atoms with Crippen molar-refractivity contribution in [1.29, 1.82) is 0 Å². The number of furan rings is 1. The van der Waals surface area contributed by atoms with Crippen molar-refractivity contribution in [2.45, 2.75) is 0 Å². The van der Waals surface area contributed by atoms with Crippen molar-refractivity contribution in [3.8, 4) is 17.6 Å². The van der Waals surface area contributed by atoms with Gasteiger partial charge < -0.3 is 14.9 Å². The quantitative estimate of drug-likeness (QED) is 0.738. The van der Waals surface area contributed by atoms with Crippen LogP contribution >= 0.6 is 0 Å². The van der Waals surface area contributed by atoms with Gasteiger partial charge in [0, 0.05) is 5.39 Å². The molecule has 0 radical (unpaired) electrons. The van der Waals surface area contributed by atoms with Crippen LogP contribution in [0.2, 0.25) is 0 Å². The summed E-state index contributed by atoms with van der Waals surface area (Å²) in [6.07, 6.45) is 0. The Morgan fingerprint density at radius 1 is 1.17 bits per heavy atom. The van der Waals surface area contributed by atoms with E-state index in [1.807, 2.05) is 30.3 Å². The third kappa shape index (κ3) is 1.73.